The molecule has 0 bridgehead atoms. The lowest BCUT2D eigenvalue weighted by Gasteiger charge is -2.06. The van der Waals surface area contributed by atoms with E-state index in [0.717, 1.165) is 16.2 Å². The number of nitrogens with one attached hydrogen (secondary N) is 2. The second-order valence-corrected chi connectivity index (χ2v) is 7.97. The molecule has 0 saturated heterocycles. The number of hydrogen-bond donors (Lipinski definition) is 2. The maximum atomic E-state index is 12.1. The first kappa shape index (κ1) is 20.1. The lowest BCUT2D eigenvalue weighted by molar-refractivity contribution is -0.136. The molecule has 7 nitrogen and oxygen atoms in total. The lowest BCUT2D eigenvalue weighted by atomic mass is 10.1. The summed E-state index contributed by atoms with van der Waals surface area (Å²) in [5.41, 5.74) is 3.51. The van der Waals surface area contributed by atoms with Crippen molar-refractivity contribution in [1.82, 2.24) is 19.9 Å². The van der Waals surface area contributed by atoms with Gasteiger partial charge in [0.1, 0.15) is 0 Å². The molecule has 0 spiro atoms. The zero-order valence-electron chi connectivity index (χ0n) is 16.1. The number of anilines is 1. The second kappa shape index (κ2) is 8.64. The van der Waals surface area contributed by atoms with Crippen molar-refractivity contribution in [1.29, 1.82) is 0 Å². The zero-order chi connectivity index (χ0) is 21.1. The quantitative estimate of drug-likeness (QED) is 0.464. The molecular formula is C21H18ClN5O2S. The summed E-state index contributed by atoms with van der Waals surface area (Å²) in [6.45, 7) is 2.33. The van der Waals surface area contributed by atoms with Crippen molar-refractivity contribution in [2.75, 3.05) is 11.9 Å². The molecule has 2 heterocycles. The third kappa shape index (κ3) is 4.50. The van der Waals surface area contributed by atoms with E-state index < -0.39 is 11.8 Å². The molecular weight excluding hydrogens is 422 g/mol. The normalized spacial score (nSPS) is 10.9. The third-order valence-electron chi connectivity index (χ3n) is 4.42. The van der Waals surface area contributed by atoms with E-state index in [2.05, 4.69) is 20.7 Å². The van der Waals surface area contributed by atoms with Gasteiger partial charge in [-0.2, -0.15) is 4.98 Å². The highest BCUT2D eigenvalue weighted by Crippen LogP contribution is 2.21. The van der Waals surface area contributed by atoms with Crippen LogP contribution in [-0.2, 0) is 16.0 Å². The average Bonchev–Trinajstić information content (AvgIpc) is 3.30. The summed E-state index contributed by atoms with van der Waals surface area (Å²) in [6.07, 6.45) is 0.521. The molecule has 0 radical (unpaired) electrons. The first-order valence-corrected chi connectivity index (χ1v) is 10.5. The van der Waals surface area contributed by atoms with E-state index in [1.807, 2.05) is 36.6 Å². The van der Waals surface area contributed by atoms with Crippen LogP contribution in [0.25, 0.3) is 16.3 Å². The van der Waals surface area contributed by atoms with Crippen LogP contribution in [0.15, 0.2) is 53.9 Å². The van der Waals surface area contributed by atoms with Crippen LogP contribution in [0.2, 0.25) is 5.02 Å². The number of carbonyl (C=O) groups excluding carboxylic acids is 2. The number of amides is 2. The number of aryl methyl sites for hydroxylation is 1. The molecule has 9 heteroatoms. The van der Waals surface area contributed by atoms with Gasteiger partial charge in [0.15, 0.2) is 5.82 Å². The van der Waals surface area contributed by atoms with Crippen molar-refractivity contribution in [3.63, 3.8) is 0 Å². The summed E-state index contributed by atoms with van der Waals surface area (Å²) in [7, 11) is 0. The Morgan fingerprint density at radius 1 is 1.13 bits per heavy atom. The highest BCUT2D eigenvalue weighted by molar-refractivity contribution is 7.15. The number of thiazole rings is 1. The topological polar surface area (TPSA) is 88.4 Å². The van der Waals surface area contributed by atoms with Gasteiger partial charge < -0.3 is 10.6 Å². The standard InChI is InChI=1S/C21H18ClN5O2S/c1-13-5-7-14(8-6-13)18-25-21-27(26-18)17(12-30-21)9-10-23-19(28)20(29)24-16-4-2-3-15(22)11-16/h2-8,11-12H,9-10H2,1H3,(H,23,28)(H,24,29). The monoisotopic (exact) mass is 439 g/mol. The van der Waals surface area contributed by atoms with E-state index >= 15 is 0 Å². The molecule has 2 amide bonds. The average molecular weight is 440 g/mol. The molecule has 4 aromatic rings. The zero-order valence-corrected chi connectivity index (χ0v) is 17.6. The Balaban J connectivity index is 1.36. The summed E-state index contributed by atoms with van der Waals surface area (Å²) >= 11 is 7.37. The molecule has 0 aliphatic carbocycles. The van der Waals surface area contributed by atoms with Gasteiger partial charge in [-0.25, -0.2) is 4.52 Å². The molecule has 4 rings (SSSR count). The van der Waals surface area contributed by atoms with Crippen LogP contribution >= 0.6 is 22.9 Å². The minimum Gasteiger partial charge on any atom is -0.347 e. The molecule has 2 aromatic carbocycles. The van der Waals surface area contributed by atoms with Crippen molar-refractivity contribution >= 4 is 45.4 Å². The van der Waals surface area contributed by atoms with Crippen LogP contribution in [0.4, 0.5) is 5.69 Å². The molecule has 152 valence electrons. The first-order chi connectivity index (χ1) is 14.5. The molecule has 0 saturated carbocycles. The molecule has 30 heavy (non-hydrogen) atoms. The summed E-state index contributed by atoms with van der Waals surface area (Å²) in [5.74, 6) is -0.788. The number of carbonyl (C=O) groups is 2. The van der Waals surface area contributed by atoms with Crippen LogP contribution in [0.5, 0.6) is 0 Å². The molecule has 2 aromatic heterocycles. The highest BCUT2D eigenvalue weighted by atomic mass is 35.5. The predicted molar refractivity (Wildman–Crippen MR) is 118 cm³/mol. The Kier molecular flexibility index (Phi) is 5.78. The Labute approximate surface area is 181 Å². The van der Waals surface area contributed by atoms with Crippen LogP contribution in [0.3, 0.4) is 0 Å². The molecule has 0 unspecified atom stereocenters. The van der Waals surface area contributed by atoms with Crippen molar-refractivity contribution in [2.45, 2.75) is 13.3 Å². The summed E-state index contributed by atoms with van der Waals surface area (Å²) < 4.78 is 1.78. The van der Waals surface area contributed by atoms with Gasteiger partial charge in [0.2, 0.25) is 4.96 Å². The number of benzene rings is 2. The molecule has 0 atom stereocenters. The van der Waals surface area contributed by atoms with E-state index in [0.29, 0.717) is 29.5 Å². The van der Waals surface area contributed by atoms with Gasteiger partial charge in [0.05, 0.1) is 5.69 Å². The Bertz CT molecular complexity index is 1220. The summed E-state index contributed by atoms with van der Waals surface area (Å²) in [6, 6.07) is 14.7. The van der Waals surface area contributed by atoms with Crippen molar-refractivity contribution < 1.29 is 9.59 Å². The van der Waals surface area contributed by atoms with Gasteiger partial charge >= 0.3 is 11.8 Å². The molecule has 0 aliphatic rings. The van der Waals surface area contributed by atoms with Gasteiger partial charge in [-0.15, -0.1) is 16.4 Å². The van der Waals surface area contributed by atoms with Gasteiger partial charge in [0.25, 0.3) is 0 Å². The first-order valence-electron chi connectivity index (χ1n) is 9.24. The van der Waals surface area contributed by atoms with Crippen LogP contribution in [0, 0.1) is 6.92 Å². The van der Waals surface area contributed by atoms with E-state index in [9.17, 15) is 9.59 Å². The third-order valence-corrected chi connectivity index (χ3v) is 5.52. The number of halogens is 1. The van der Waals surface area contributed by atoms with E-state index in [-0.39, 0.29) is 0 Å². The second-order valence-electron chi connectivity index (χ2n) is 6.69. The molecule has 2 N–H and O–H groups in total. The van der Waals surface area contributed by atoms with Crippen molar-refractivity contribution in [3.05, 3.63) is 70.2 Å². The number of rotatable bonds is 5. The maximum Gasteiger partial charge on any atom is 0.313 e. The van der Waals surface area contributed by atoms with E-state index in [4.69, 9.17) is 11.6 Å². The van der Waals surface area contributed by atoms with Gasteiger partial charge in [-0.3, -0.25) is 9.59 Å². The van der Waals surface area contributed by atoms with Crippen molar-refractivity contribution in [3.8, 4) is 11.4 Å². The minimum atomic E-state index is -0.741. The SMILES string of the molecule is Cc1ccc(-c2nc3scc(CCNC(=O)C(=O)Nc4cccc(Cl)c4)n3n2)cc1. The number of aromatic nitrogens is 3. The fourth-order valence-electron chi connectivity index (χ4n) is 2.86. The van der Waals surface area contributed by atoms with Crippen LogP contribution in [0.1, 0.15) is 11.3 Å². The van der Waals surface area contributed by atoms with Gasteiger partial charge in [-0.1, -0.05) is 47.5 Å². The van der Waals surface area contributed by atoms with Crippen LogP contribution in [-0.4, -0.2) is 33.0 Å². The predicted octanol–water partition coefficient (Wildman–Crippen LogP) is 3.72. The summed E-state index contributed by atoms with van der Waals surface area (Å²) in [4.78, 5) is 29.4. The van der Waals surface area contributed by atoms with E-state index in [1.165, 1.54) is 16.9 Å². The largest absolute Gasteiger partial charge is 0.347 e. The fourth-order valence-corrected chi connectivity index (χ4v) is 3.91. The number of fused-ring (bicyclic) bond motifs is 1. The lowest BCUT2D eigenvalue weighted by Crippen LogP contribution is -2.36. The van der Waals surface area contributed by atoms with Gasteiger partial charge in [-0.05, 0) is 25.1 Å². The Morgan fingerprint density at radius 2 is 1.93 bits per heavy atom. The fraction of sp³-hybridized carbons (Fsp3) is 0.143. The summed E-state index contributed by atoms with van der Waals surface area (Å²) in [5, 5.41) is 12.2. The van der Waals surface area contributed by atoms with Gasteiger partial charge in [0, 0.05) is 34.6 Å². The smallest absolute Gasteiger partial charge is 0.313 e. The van der Waals surface area contributed by atoms with E-state index in [1.54, 1.807) is 28.8 Å². The maximum absolute atomic E-state index is 12.1. The molecule has 0 fully saturated rings. The van der Waals surface area contributed by atoms with Crippen LogP contribution < -0.4 is 10.6 Å². The minimum absolute atomic E-state index is 0.299. The highest BCUT2D eigenvalue weighted by Gasteiger charge is 2.15. The number of hydrogen-bond acceptors (Lipinski definition) is 5. The molecule has 0 aliphatic heterocycles. The van der Waals surface area contributed by atoms with Crippen molar-refractivity contribution in [2.24, 2.45) is 0 Å². The number of nitrogens with zero attached hydrogens (tertiary/aromatic N) is 3. The Morgan fingerprint density at radius 3 is 2.70 bits per heavy atom. The Hall–Kier alpha value is -3.23.